The lowest BCUT2D eigenvalue weighted by atomic mass is 10.1. The van der Waals surface area contributed by atoms with Crippen LogP contribution in [0.1, 0.15) is 26.4 Å². The highest BCUT2D eigenvalue weighted by Gasteiger charge is 2.20. The molecule has 1 heterocycles. The van der Waals surface area contributed by atoms with Gasteiger partial charge in [-0.1, -0.05) is 15.9 Å². The van der Waals surface area contributed by atoms with Crippen molar-refractivity contribution in [3.8, 4) is 0 Å². The summed E-state index contributed by atoms with van der Waals surface area (Å²) in [6.45, 7) is 5.86. The summed E-state index contributed by atoms with van der Waals surface area (Å²) in [6.07, 6.45) is 0. The van der Waals surface area contributed by atoms with Crippen LogP contribution in [0.2, 0.25) is 0 Å². The lowest BCUT2D eigenvalue weighted by molar-refractivity contribution is 0.0601. The third-order valence-electron chi connectivity index (χ3n) is 3.44. The van der Waals surface area contributed by atoms with E-state index in [1.165, 1.54) is 18.4 Å². The molecule has 2 rings (SSSR count). The number of esters is 1. The zero-order valence-electron chi connectivity index (χ0n) is 13.2. The summed E-state index contributed by atoms with van der Waals surface area (Å²) < 4.78 is 5.87. The molecule has 0 unspecified atom stereocenters. The van der Waals surface area contributed by atoms with Crippen LogP contribution >= 0.6 is 39.5 Å². The Labute approximate surface area is 153 Å². The van der Waals surface area contributed by atoms with E-state index in [1.807, 2.05) is 39.0 Å². The van der Waals surface area contributed by atoms with E-state index in [0.717, 1.165) is 26.2 Å². The minimum absolute atomic E-state index is 0.364. The second-order valence-electron chi connectivity index (χ2n) is 5.02. The molecule has 1 aromatic carbocycles. The van der Waals surface area contributed by atoms with Crippen LogP contribution in [-0.2, 0) is 4.74 Å². The highest BCUT2D eigenvalue weighted by atomic mass is 79.9. The minimum Gasteiger partial charge on any atom is -0.465 e. The standard InChI is InChI=1S/C16H17BrN2O2S2/c1-8-7-11(17)5-6-12(8)18-16(22)19-14-13(15(20)21-4)9(2)10(3)23-14/h5-7H,1-4H3,(H2,18,19,22). The summed E-state index contributed by atoms with van der Waals surface area (Å²) >= 11 is 10.3. The molecule has 0 aliphatic rings. The van der Waals surface area contributed by atoms with Crippen LogP contribution in [0.15, 0.2) is 22.7 Å². The second-order valence-corrected chi connectivity index (χ2v) is 7.57. The molecule has 0 radical (unpaired) electrons. The van der Waals surface area contributed by atoms with Gasteiger partial charge in [0, 0.05) is 15.0 Å². The smallest absolute Gasteiger partial charge is 0.341 e. The molecule has 2 aromatic rings. The van der Waals surface area contributed by atoms with Crippen molar-refractivity contribution < 1.29 is 9.53 Å². The number of anilines is 2. The maximum atomic E-state index is 12.0. The van der Waals surface area contributed by atoms with E-state index in [9.17, 15) is 4.79 Å². The summed E-state index contributed by atoms with van der Waals surface area (Å²) in [5.74, 6) is -0.364. The first-order valence-electron chi connectivity index (χ1n) is 6.86. The lowest BCUT2D eigenvalue weighted by Gasteiger charge is -2.13. The van der Waals surface area contributed by atoms with Crippen molar-refractivity contribution in [2.75, 3.05) is 17.7 Å². The Morgan fingerprint density at radius 2 is 1.96 bits per heavy atom. The third-order valence-corrected chi connectivity index (χ3v) is 5.26. The number of nitrogens with one attached hydrogen (secondary N) is 2. The number of carbonyl (C=O) groups excluding carboxylic acids is 1. The Bertz CT molecular complexity index is 772. The van der Waals surface area contributed by atoms with E-state index >= 15 is 0 Å². The topological polar surface area (TPSA) is 50.4 Å². The third kappa shape index (κ3) is 4.10. The van der Waals surface area contributed by atoms with E-state index in [1.54, 1.807) is 0 Å². The van der Waals surface area contributed by atoms with E-state index in [4.69, 9.17) is 17.0 Å². The fourth-order valence-corrected chi connectivity index (χ4v) is 3.89. The van der Waals surface area contributed by atoms with Crippen LogP contribution in [-0.4, -0.2) is 18.2 Å². The normalized spacial score (nSPS) is 10.3. The van der Waals surface area contributed by atoms with Crippen molar-refractivity contribution in [2.24, 2.45) is 0 Å². The molecule has 122 valence electrons. The molecule has 0 amide bonds. The van der Waals surface area contributed by atoms with E-state index in [-0.39, 0.29) is 5.97 Å². The van der Waals surface area contributed by atoms with Crippen LogP contribution < -0.4 is 10.6 Å². The molecule has 0 saturated heterocycles. The fourth-order valence-electron chi connectivity index (χ4n) is 2.09. The second kappa shape index (κ2) is 7.42. The number of methoxy groups -OCH3 is 1. The zero-order chi connectivity index (χ0) is 17.1. The van der Waals surface area contributed by atoms with Crippen molar-refractivity contribution in [3.63, 3.8) is 0 Å². The van der Waals surface area contributed by atoms with Gasteiger partial charge >= 0.3 is 5.97 Å². The first kappa shape index (κ1) is 17.9. The van der Waals surface area contributed by atoms with Gasteiger partial charge in [-0.3, -0.25) is 0 Å². The Morgan fingerprint density at radius 3 is 2.57 bits per heavy atom. The number of halogens is 1. The summed E-state index contributed by atoms with van der Waals surface area (Å²) in [6, 6.07) is 5.89. The van der Waals surface area contributed by atoms with Crippen LogP contribution in [0.25, 0.3) is 0 Å². The Morgan fingerprint density at radius 1 is 1.26 bits per heavy atom. The zero-order valence-corrected chi connectivity index (χ0v) is 16.5. The van der Waals surface area contributed by atoms with E-state index < -0.39 is 0 Å². The van der Waals surface area contributed by atoms with Gasteiger partial charge in [-0.25, -0.2) is 4.79 Å². The van der Waals surface area contributed by atoms with Gasteiger partial charge in [-0.05, 0) is 62.3 Å². The van der Waals surface area contributed by atoms with Gasteiger partial charge in [0.2, 0.25) is 0 Å². The van der Waals surface area contributed by atoms with Gasteiger partial charge in [0.25, 0.3) is 0 Å². The number of hydrogen-bond donors (Lipinski definition) is 2. The molecule has 0 aliphatic heterocycles. The number of aryl methyl sites for hydroxylation is 2. The summed E-state index contributed by atoms with van der Waals surface area (Å²) in [5.41, 5.74) is 3.42. The summed E-state index contributed by atoms with van der Waals surface area (Å²) in [7, 11) is 1.38. The van der Waals surface area contributed by atoms with Crippen molar-refractivity contribution in [1.29, 1.82) is 0 Å². The maximum Gasteiger partial charge on any atom is 0.341 e. The van der Waals surface area contributed by atoms with Crippen molar-refractivity contribution >= 4 is 61.3 Å². The van der Waals surface area contributed by atoms with E-state index in [2.05, 4.69) is 26.6 Å². The number of rotatable bonds is 3. The number of thiophene rings is 1. The predicted molar refractivity (Wildman–Crippen MR) is 104 cm³/mol. The number of hydrogen-bond acceptors (Lipinski definition) is 4. The Balaban J connectivity index is 2.20. The average Bonchev–Trinajstić information content (AvgIpc) is 2.76. The largest absolute Gasteiger partial charge is 0.465 e. The highest BCUT2D eigenvalue weighted by molar-refractivity contribution is 9.10. The summed E-state index contributed by atoms with van der Waals surface area (Å²) in [5, 5.41) is 7.38. The Hall–Kier alpha value is -1.44. The first-order chi connectivity index (χ1) is 10.8. The van der Waals surface area contributed by atoms with Crippen molar-refractivity contribution in [1.82, 2.24) is 0 Å². The van der Waals surface area contributed by atoms with Gasteiger partial charge in [-0.15, -0.1) is 11.3 Å². The SMILES string of the molecule is COC(=O)c1c(NC(=S)Nc2ccc(Br)cc2C)sc(C)c1C. The number of carbonyl (C=O) groups is 1. The highest BCUT2D eigenvalue weighted by Crippen LogP contribution is 2.33. The van der Waals surface area contributed by atoms with Crippen molar-refractivity contribution in [2.45, 2.75) is 20.8 Å². The molecular weight excluding hydrogens is 396 g/mol. The Kier molecular flexibility index (Phi) is 5.78. The van der Waals surface area contributed by atoms with E-state index in [0.29, 0.717) is 15.7 Å². The molecule has 4 nitrogen and oxygen atoms in total. The molecule has 0 bridgehead atoms. The molecule has 0 spiro atoms. The van der Waals surface area contributed by atoms with Gasteiger partial charge in [0.05, 0.1) is 12.7 Å². The van der Waals surface area contributed by atoms with Gasteiger partial charge in [0.1, 0.15) is 5.00 Å². The molecule has 1 aromatic heterocycles. The molecule has 0 aliphatic carbocycles. The minimum atomic E-state index is -0.364. The van der Waals surface area contributed by atoms with Gasteiger partial charge in [-0.2, -0.15) is 0 Å². The first-order valence-corrected chi connectivity index (χ1v) is 8.87. The average molecular weight is 413 g/mol. The molecule has 2 N–H and O–H groups in total. The monoisotopic (exact) mass is 412 g/mol. The number of benzene rings is 1. The predicted octanol–water partition coefficient (Wildman–Crippen LogP) is 5.03. The van der Waals surface area contributed by atoms with Crippen LogP contribution in [0.5, 0.6) is 0 Å². The molecule has 0 saturated carbocycles. The van der Waals surface area contributed by atoms with Crippen molar-refractivity contribution in [3.05, 3.63) is 44.2 Å². The van der Waals surface area contributed by atoms with Crippen LogP contribution in [0.4, 0.5) is 10.7 Å². The quantitative estimate of drug-likeness (QED) is 0.546. The summed E-state index contributed by atoms with van der Waals surface area (Å²) in [4.78, 5) is 13.0. The maximum absolute atomic E-state index is 12.0. The molecule has 23 heavy (non-hydrogen) atoms. The molecule has 7 heteroatoms. The lowest BCUT2D eigenvalue weighted by Crippen LogP contribution is -2.20. The van der Waals surface area contributed by atoms with Gasteiger partial charge < -0.3 is 15.4 Å². The van der Waals surface area contributed by atoms with Crippen LogP contribution in [0, 0.1) is 20.8 Å². The molecular formula is C16H17BrN2O2S2. The van der Waals surface area contributed by atoms with Gasteiger partial charge in [0.15, 0.2) is 5.11 Å². The fraction of sp³-hybridized carbons (Fsp3) is 0.250. The number of thiocarbonyl (C=S) groups is 1. The molecule has 0 atom stereocenters. The number of ether oxygens (including phenoxy) is 1. The molecule has 0 fully saturated rings. The van der Waals surface area contributed by atoms with Crippen LogP contribution in [0.3, 0.4) is 0 Å².